The molecule has 6 nitrogen and oxygen atoms in total. The molecule has 0 fully saturated rings. The van der Waals surface area contributed by atoms with Crippen LogP contribution in [0.3, 0.4) is 0 Å². The normalized spacial score (nSPS) is 10.7. The molecule has 0 radical (unpaired) electrons. The SMILES string of the molecule is O=C(O)c1cn(CCNCc2sccc2Br)nn1. The van der Waals surface area contributed by atoms with Gasteiger partial charge in [-0.1, -0.05) is 5.21 Å². The third-order valence-corrected chi connectivity index (χ3v) is 4.18. The highest BCUT2D eigenvalue weighted by Gasteiger charge is 2.07. The predicted molar refractivity (Wildman–Crippen MR) is 70.7 cm³/mol. The zero-order chi connectivity index (χ0) is 13.0. The lowest BCUT2D eigenvalue weighted by atomic mass is 10.4. The number of carboxylic acid groups (broad SMARTS) is 1. The van der Waals surface area contributed by atoms with E-state index in [0.717, 1.165) is 11.0 Å². The lowest BCUT2D eigenvalue weighted by Gasteiger charge is -2.03. The molecule has 8 heteroatoms. The van der Waals surface area contributed by atoms with Crippen LogP contribution in [0.1, 0.15) is 15.4 Å². The second-order valence-corrected chi connectivity index (χ2v) is 5.40. The van der Waals surface area contributed by atoms with Gasteiger partial charge in [0.05, 0.1) is 12.7 Å². The Hall–Kier alpha value is -1.25. The van der Waals surface area contributed by atoms with Crippen molar-refractivity contribution in [2.24, 2.45) is 0 Å². The molecule has 2 aromatic rings. The van der Waals surface area contributed by atoms with E-state index in [1.54, 1.807) is 11.3 Å². The maximum atomic E-state index is 10.6. The molecule has 2 aromatic heterocycles. The van der Waals surface area contributed by atoms with Crippen LogP contribution in [0.2, 0.25) is 0 Å². The van der Waals surface area contributed by atoms with Crippen LogP contribution in [0.4, 0.5) is 0 Å². The standard InChI is InChI=1S/C10H11BrN4O2S/c11-7-1-4-18-9(7)5-12-2-3-15-6-8(10(16)17)13-14-15/h1,4,6,12H,2-3,5H2,(H,16,17). The number of nitrogens with one attached hydrogen (secondary N) is 1. The van der Waals surface area contributed by atoms with Crippen LogP contribution >= 0.6 is 27.3 Å². The van der Waals surface area contributed by atoms with Crippen molar-refractivity contribution in [1.82, 2.24) is 20.3 Å². The predicted octanol–water partition coefficient (Wildman–Crippen LogP) is 1.59. The topological polar surface area (TPSA) is 80.0 Å². The largest absolute Gasteiger partial charge is 0.476 e. The third-order valence-electron chi connectivity index (χ3n) is 2.25. The van der Waals surface area contributed by atoms with E-state index < -0.39 is 5.97 Å². The highest BCUT2D eigenvalue weighted by molar-refractivity contribution is 9.10. The van der Waals surface area contributed by atoms with Crippen molar-refractivity contribution in [3.8, 4) is 0 Å². The highest BCUT2D eigenvalue weighted by atomic mass is 79.9. The van der Waals surface area contributed by atoms with Gasteiger partial charge in [-0.3, -0.25) is 4.68 Å². The van der Waals surface area contributed by atoms with Gasteiger partial charge in [0, 0.05) is 22.4 Å². The first-order valence-electron chi connectivity index (χ1n) is 5.23. The van der Waals surface area contributed by atoms with E-state index in [4.69, 9.17) is 5.11 Å². The molecule has 0 aliphatic carbocycles. The summed E-state index contributed by atoms with van der Waals surface area (Å²) in [5, 5.41) is 21.2. The zero-order valence-electron chi connectivity index (χ0n) is 9.34. The van der Waals surface area contributed by atoms with E-state index in [2.05, 4.69) is 31.6 Å². The molecule has 96 valence electrons. The molecular formula is C10H11BrN4O2S. The number of nitrogens with zero attached hydrogens (tertiary/aromatic N) is 3. The number of aromatic carboxylic acids is 1. The number of thiophene rings is 1. The number of hydrogen-bond donors (Lipinski definition) is 2. The molecule has 2 heterocycles. The molecule has 0 atom stereocenters. The van der Waals surface area contributed by atoms with Crippen molar-refractivity contribution in [3.05, 3.63) is 32.7 Å². The number of rotatable bonds is 6. The van der Waals surface area contributed by atoms with E-state index in [1.165, 1.54) is 15.8 Å². The Kier molecular flexibility index (Phi) is 4.45. The molecule has 0 amide bonds. The Bertz CT molecular complexity index is 539. The minimum absolute atomic E-state index is 0.0315. The Balaban J connectivity index is 1.75. The van der Waals surface area contributed by atoms with Gasteiger partial charge in [-0.05, 0) is 27.4 Å². The van der Waals surface area contributed by atoms with Crippen LogP contribution in [0.5, 0.6) is 0 Å². The van der Waals surface area contributed by atoms with Crippen molar-refractivity contribution < 1.29 is 9.90 Å². The second kappa shape index (κ2) is 6.07. The summed E-state index contributed by atoms with van der Waals surface area (Å²) in [6.45, 7) is 2.06. The number of aromatic nitrogens is 3. The van der Waals surface area contributed by atoms with Crippen LogP contribution in [0.25, 0.3) is 0 Å². The number of hydrogen-bond acceptors (Lipinski definition) is 5. The lowest BCUT2D eigenvalue weighted by molar-refractivity contribution is 0.0690. The molecule has 0 aliphatic rings. The van der Waals surface area contributed by atoms with Crippen LogP contribution < -0.4 is 5.32 Å². The molecule has 18 heavy (non-hydrogen) atoms. The summed E-state index contributed by atoms with van der Waals surface area (Å²) in [6, 6.07) is 2.01. The Labute approximate surface area is 116 Å². The number of carboxylic acids is 1. The first kappa shape index (κ1) is 13.2. The van der Waals surface area contributed by atoms with Crippen LogP contribution in [-0.2, 0) is 13.1 Å². The van der Waals surface area contributed by atoms with Gasteiger partial charge in [-0.2, -0.15) is 0 Å². The maximum Gasteiger partial charge on any atom is 0.358 e. The summed E-state index contributed by atoms with van der Waals surface area (Å²) >= 11 is 5.14. The van der Waals surface area contributed by atoms with Crippen molar-refractivity contribution in [2.75, 3.05) is 6.54 Å². The molecule has 0 aliphatic heterocycles. The number of halogens is 1. The van der Waals surface area contributed by atoms with Gasteiger partial charge >= 0.3 is 5.97 Å². The van der Waals surface area contributed by atoms with Crippen molar-refractivity contribution in [1.29, 1.82) is 0 Å². The fourth-order valence-electron chi connectivity index (χ4n) is 1.35. The van der Waals surface area contributed by atoms with Gasteiger partial charge in [-0.25, -0.2) is 4.79 Å². The van der Waals surface area contributed by atoms with Crippen molar-refractivity contribution >= 4 is 33.2 Å². The smallest absolute Gasteiger partial charge is 0.358 e. The Morgan fingerprint density at radius 2 is 2.44 bits per heavy atom. The molecule has 0 aromatic carbocycles. The minimum atomic E-state index is -1.06. The molecule has 2 N–H and O–H groups in total. The van der Waals surface area contributed by atoms with Crippen molar-refractivity contribution in [2.45, 2.75) is 13.1 Å². The minimum Gasteiger partial charge on any atom is -0.476 e. The summed E-state index contributed by atoms with van der Waals surface area (Å²) in [6.07, 6.45) is 1.42. The van der Waals surface area contributed by atoms with E-state index >= 15 is 0 Å². The molecule has 0 saturated heterocycles. The second-order valence-electron chi connectivity index (χ2n) is 3.54. The molecule has 0 spiro atoms. The average molecular weight is 331 g/mol. The highest BCUT2D eigenvalue weighted by Crippen LogP contribution is 2.21. The maximum absolute atomic E-state index is 10.6. The van der Waals surface area contributed by atoms with Crippen molar-refractivity contribution in [3.63, 3.8) is 0 Å². The van der Waals surface area contributed by atoms with E-state index in [1.807, 2.05) is 11.4 Å². The monoisotopic (exact) mass is 330 g/mol. The average Bonchev–Trinajstić information content (AvgIpc) is 2.94. The Morgan fingerprint density at radius 3 is 3.06 bits per heavy atom. The number of carbonyl (C=O) groups is 1. The Morgan fingerprint density at radius 1 is 1.61 bits per heavy atom. The van der Waals surface area contributed by atoms with Crippen LogP contribution in [0, 0.1) is 0 Å². The molecular weight excluding hydrogens is 320 g/mol. The summed E-state index contributed by atoms with van der Waals surface area (Å²) < 4.78 is 2.62. The van der Waals surface area contributed by atoms with E-state index in [-0.39, 0.29) is 5.69 Å². The van der Waals surface area contributed by atoms with Gasteiger partial charge in [0.1, 0.15) is 0 Å². The van der Waals surface area contributed by atoms with E-state index in [0.29, 0.717) is 13.1 Å². The fraction of sp³-hybridized carbons (Fsp3) is 0.300. The first-order chi connectivity index (χ1) is 8.66. The summed E-state index contributed by atoms with van der Waals surface area (Å²) in [4.78, 5) is 11.8. The van der Waals surface area contributed by atoms with E-state index in [9.17, 15) is 4.79 Å². The molecule has 0 unspecified atom stereocenters. The van der Waals surface area contributed by atoms with Crippen LogP contribution in [-0.4, -0.2) is 32.6 Å². The lowest BCUT2D eigenvalue weighted by Crippen LogP contribution is -2.19. The van der Waals surface area contributed by atoms with Gasteiger partial charge in [0.15, 0.2) is 5.69 Å². The summed E-state index contributed by atoms with van der Waals surface area (Å²) in [7, 11) is 0. The van der Waals surface area contributed by atoms with Gasteiger partial charge in [0.25, 0.3) is 0 Å². The molecule has 0 bridgehead atoms. The fourth-order valence-corrected chi connectivity index (χ4v) is 2.81. The third kappa shape index (κ3) is 3.37. The van der Waals surface area contributed by atoms with Gasteiger partial charge in [-0.15, -0.1) is 16.4 Å². The zero-order valence-corrected chi connectivity index (χ0v) is 11.7. The molecule has 0 saturated carbocycles. The van der Waals surface area contributed by atoms with Gasteiger partial charge < -0.3 is 10.4 Å². The molecule has 2 rings (SSSR count). The quantitative estimate of drug-likeness (QED) is 0.786. The summed E-state index contributed by atoms with van der Waals surface area (Å²) in [5.74, 6) is -1.06. The first-order valence-corrected chi connectivity index (χ1v) is 6.90. The van der Waals surface area contributed by atoms with Gasteiger partial charge in [0.2, 0.25) is 0 Å². The van der Waals surface area contributed by atoms with Crippen LogP contribution in [0.15, 0.2) is 22.1 Å². The summed E-state index contributed by atoms with van der Waals surface area (Å²) in [5.41, 5.74) is -0.0315.